The van der Waals surface area contributed by atoms with Crippen LogP contribution in [0.3, 0.4) is 0 Å². The average Bonchev–Trinajstić information content (AvgIpc) is 2.27. The Bertz CT molecular complexity index is 398. The third-order valence-electron chi connectivity index (χ3n) is 2.17. The molecule has 1 aromatic carbocycles. The van der Waals surface area contributed by atoms with E-state index >= 15 is 0 Å². The van der Waals surface area contributed by atoms with Crippen LogP contribution in [0.25, 0.3) is 0 Å². The first-order valence-electron chi connectivity index (χ1n) is 4.45. The molecule has 0 heterocycles. The molecule has 0 amide bonds. The lowest BCUT2D eigenvalue weighted by Gasteiger charge is -2.13. The molecule has 1 rings (SSSR count). The van der Waals surface area contributed by atoms with Crippen LogP contribution < -0.4 is 9.47 Å². The summed E-state index contributed by atoms with van der Waals surface area (Å²) in [5, 5.41) is 8.78. The van der Waals surface area contributed by atoms with Crippen molar-refractivity contribution in [3.63, 3.8) is 0 Å². The van der Waals surface area contributed by atoms with Gasteiger partial charge in [-0.1, -0.05) is 0 Å². The van der Waals surface area contributed by atoms with Crippen LogP contribution in [0, 0.1) is 17.1 Å². The molecule has 0 N–H and O–H groups in total. The van der Waals surface area contributed by atoms with Crippen molar-refractivity contribution in [1.82, 2.24) is 0 Å². The van der Waals surface area contributed by atoms with Crippen LogP contribution in [0.15, 0.2) is 12.1 Å². The van der Waals surface area contributed by atoms with Crippen molar-refractivity contribution in [2.45, 2.75) is 12.8 Å². The first-order chi connectivity index (χ1) is 7.15. The second-order valence-electron chi connectivity index (χ2n) is 3.05. The van der Waals surface area contributed by atoms with Crippen molar-refractivity contribution < 1.29 is 13.9 Å². The zero-order valence-corrected chi connectivity index (χ0v) is 8.87. The fourth-order valence-electron chi connectivity index (χ4n) is 1.36. The van der Waals surface area contributed by atoms with Crippen LogP contribution in [0.1, 0.15) is 18.4 Å². The van der Waals surface area contributed by atoms with Gasteiger partial charge in [-0.05, 0) is 19.1 Å². The van der Waals surface area contributed by atoms with Crippen molar-refractivity contribution in [3.8, 4) is 17.6 Å². The molecule has 0 spiro atoms. The molecule has 0 aliphatic heterocycles. The summed E-state index contributed by atoms with van der Waals surface area (Å²) in [5.41, 5.74) is 0.236. The number of nitrogens with zero attached hydrogens (tertiary/aromatic N) is 1. The van der Waals surface area contributed by atoms with Gasteiger partial charge in [-0.25, -0.2) is 4.39 Å². The Balaban J connectivity index is 3.37. The van der Waals surface area contributed by atoms with E-state index in [1.165, 1.54) is 20.3 Å². The molecule has 1 aromatic rings. The third-order valence-corrected chi connectivity index (χ3v) is 2.17. The largest absolute Gasteiger partial charge is 0.496 e. The van der Waals surface area contributed by atoms with Crippen LogP contribution in [-0.2, 0) is 0 Å². The zero-order valence-electron chi connectivity index (χ0n) is 8.87. The number of hydrogen-bond donors (Lipinski definition) is 0. The Kier molecular flexibility index (Phi) is 3.51. The molecule has 15 heavy (non-hydrogen) atoms. The lowest BCUT2D eigenvalue weighted by atomic mass is 10.0. The number of halogens is 1. The average molecular weight is 209 g/mol. The Labute approximate surface area is 88.0 Å². The monoisotopic (exact) mass is 209 g/mol. The maximum Gasteiger partial charge on any atom is 0.173 e. The summed E-state index contributed by atoms with van der Waals surface area (Å²) in [6.07, 6.45) is 0. The van der Waals surface area contributed by atoms with E-state index in [2.05, 4.69) is 0 Å². The van der Waals surface area contributed by atoms with Crippen molar-refractivity contribution in [1.29, 1.82) is 5.26 Å². The first-order valence-corrected chi connectivity index (χ1v) is 4.45. The molecule has 0 saturated carbocycles. The van der Waals surface area contributed by atoms with Crippen LogP contribution in [0.2, 0.25) is 0 Å². The zero-order chi connectivity index (χ0) is 11.4. The number of hydrogen-bond acceptors (Lipinski definition) is 3. The van der Waals surface area contributed by atoms with Crippen molar-refractivity contribution in [3.05, 3.63) is 23.5 Å². The predicted octanol–water partition coefficient (Wildman–Crippen LogP) is 2.47. The molecule has 0 saturated heterocycles. The second-order valence-corrected chi connectivity index (χ2v) is 3.05. The van der Waals surface area contributed by atoms with Gasteiger partial charge < -0.3 is 9.47 Å². The fourth-order valence-corrected chi connectivity index (χ4v) is 1.36. The van der Waals surface area contributed by atoms with Gasteiger partial charge in [0.15, 0.2) is 11.6 Å². The van der Waals surface area contributed by atoms with Crippen LogP contribution in [0.5, 0.6) is 11.5 Å². The highest BCUT2D eigenvalue weighted by atomic mass is 19.1. The van der Waals surface area contributed by atoms with E-state index in [1.807, 2.05) is 6.07 Å². The minimum Gasteiger partial charge on any atom is -0.496 e. The van der Waals surface area contributed by atoms with Gasteiger partial charge in [0, 0.05) is 0 Å². The second kappa shape index (κ2) is 4.65. The molecule has 0 radical (unpaired) electrons. The summed E-state index contributed by atoms with van der Waals surface area (Å²) >= 11 is 0. The summed E-state index contributed by atoms with van der Waals surface area (Å²) in [6, 6.07) is 5.03. The molecule has 0 bridgehead atoms. The van der Waals surface area contributed by atoms with Gasteiger partial charge in [0.05, 0.1) is 31.8 Å². The number of methoxy groups -OCH3 is 2. The molecule has 0 aromatic heterocycles. The first kappa shape index (κ1) is 11.3. The van der Waals surface area contributed by atoms with Gasteiger partial charge in [-0.3, -0.25) is 0 Å². The van der Waals surface area contributed by atoms with Gasteiger partial charge in [-0.15, -0.1) is 0 Å². The molecule has 0 fully saturated rings. The molecular formula is C11H12FNO2. The maximum absolute atomic E-state index is 13.8. The Hall–Kier alpha value is -1.76. The SMILES string of the molecule is COc1ccc(OC)c(C(C)C#N)c1F. The Morgan fingerprint density at radius 1 is 1.27 bits per heavy atom. The molecular weight excluding hydrogens is 197 g/mol. The van der Waals surface area contributed by atoms with Gasteiger partial charge in [0.25, 0.3) is 0 Å². The van der Waals surface area contributed by atoms with Crippen LogP contribution in [-0.4, -0.2) is 14.2 Å². The highest BCUT2D eigenvalue weighted by molar-refractivity contribution is 5.45. The predicted molar refractivity (Wildman–Crippen MR) is 53.5 cm³/mol. The maximum atomic E-state index is 13.8. The fraction of sp³-hybridized carbons (Fsp3) is 0.364. The Morgan fingerprint density at radius 3 is 2.27 bits per heavy atom. The van der Waals surface area contributed by atoms with E-state index in [9.17, 15) is 4.39 Å². The summed E-state index contributed by atoms with van der Waals surface area (Å²) in [7, 11) is 2.82. The summed E-state index contributed by atoms with van der Waals surface area (Å²) in [4.78, 5) is 0. The molecule has 0 aliphatic carbocycles. The highest BCUT2D eigenvalue weighted by Gasteiger charge is 2.19. The minimum absolute atomic E-state index is 0.118. The van der Waals surface area contributed by atoms with E-state index in [1.54, 1.807) is 13.0 Å². The van der Waals surface area contributed by atoms with E-state index in [4.69, 9.17) is 14.7 Å². The molecule has 80 valence electrons. The Morgan fingerprint density at radius 2 is 1.80 bits per heavy atom. The van der Waals surface area contributed by atoms with Gasteiger partial charge in [-0.2, -0.15) is 5.26 Å². The van der Waals surface area contributed by atoms with Crippen molar-refractivity contribution >= 4 is 0 Å². The molecule has 3 nitrogen and oxygen atoms in total. The normalized spacial score (nSPS) is 11.7. The number of rotatable bonds is 3. The lowest BCUT2D eigenvalue weighted by Crippen LogP contribution is -2.01. The van der Waals surface area contributed by atoms with Crippen LogP contribution >= 0.6 is 0 Å². The number of nitriles is 1. The van der Waals surface area contributed by atoms with E-state index in [-0.39, 0.29) is 11.3 Å². The third kappa shape index (κ3) is 2.01. The quantitative estimate of drug-likeness (QED) is 0.767. The van der Waals surface area contributed by atoms with E-state index in [0.29, 0.717) is 5.75 Å². The highest BCUT2D eigenvalue weighted by Crippen LogP contribution is 2.33. The summed E-state index contributed by atoms with van der Waals surface area (Å²) < 4.78 is 23.6. The van der Waals surface area contributed by atoms with Gasteiger partial charge >= 0.3 is 0 Å². The molecule has 0 aliphatic rings. The van der Waals surface area contributed by atoms with Gasteiger partial charge in [0.1, 0.15) is 5.75 Å². The summed E-state index contributed by atoms with van der Waals surface area (Å²) in [6.45, 7) is 1.61. The summed E-state index contributed by atoms with van der Waals surface area (Å²) in [5.74, 6) is -0.629. The topological polar surface area (TPSA) is 42.2 Å². The smallest absolute Gasteiger partial charge is 0.173 e. The minimum atomic E-state index is -0.574. The molecule has 1 atom stereocenters. The van der Waals surface area contributed by atoms with Crippen LogP contribution in [0.4, 0.5) is 4.39 Å². The standard InChI is InChI=1S/C11H12FNO2/c1-7(6-13)10-8(14-2)4-5-9(15-3)11(10)12/h4-5,7H,1-3H3. The molecule has 1 unspecified atom stereocenters. The lowest BCUT2D eigenvalue weighted by molar-refractivity contribution is 0.370. The van der Waals surface area contributed by atoms with Crippen molar-refractivity contribution in [2.75, 3.05) is 14.2 Å². The number of ether oxygens (including phenoxy) is 2. The van der Waals surface area contributed by atoms with E-state index in [0.717, 1.165) is 0 Å². The number of benzene rings is 1. The molecule has 4 heteroatoms. The van der Waals surface area contributed by atoms with Crippen molar-refractivity contribution in [2.24, 2.45) is 0 Å². The van der Waals surface area contributed by atoms with E-state index < -0.39 is 11.7 Å². The van der Waals surface area contributed by atoms with Gasteiger partial charge in [0.2, 0.25) is 0 Å².